The van der Waals surface area contributed by atoms with E-state index in [2.05, 4.69) is 9.97 Å². The highest BCUT2D eigenvalue weighted by Crippen LogP contribution is 2.34. The standard InChI is InChI=1S/C13H9ClFN3O2S/c1-20-8-4-3-6(9(14)10(8)15)11-7(5-16)12(19)18-13(17-11)21-2/h3-4H,1-2H3,(H,17,18,19). The first-order chi connectivity index (χ1) is 10.0. The Morgan fingerprint density at radius 2 is 2.24 bits per heavy atom. The van der Waals surface area contributed by atoms with Crippen LogP contribution >= 0.6 is 23.4 Å². The number of aromatic nitrogens is 2. The van der Waals surface area contributed by atoms with Crippen molar-refractivity contribution in [2.24, 2.45) is 0 Å². The van der Waals surface area contributed by atoms with E-state index in [0.29, 0.717) is 5.16 Å². The average molecular weight is 326 g/mol. The van der Waals surface area contributed by atoms with Crippen molar-refractivity contribution in [1.82, 2.24) is 9.97 Å². The van der Waals surface area contributed by atoms with Crippen LogP contribution in [0.25, 0.3) is 11.3 Å². The molecule has 0 saturated heterocycles. The summed E-state index contributed by atoms with van der Waals surface area (Å²) in [6, 6.07) is 4.58. The number of ether oxygens (including phenoxy) is 1. The molecule has 2 aromatic rings. The minimum atomic E-state index is -0.770. The molecule has 0 spiro atoms. The first-order valence-corrected chi connectivity index (χ1v) is 7.24. The number of H-pyrrole nitrogens is 1. The maximum atomic E-state index is 14.0. The maximum Gasteiger partial charge on any atom is 0.270 e. The van der Waals surface area contributed by atoms with Crippen LogP contribution in [0.2, 0.25) is 5.02 Å². The number of nitrogens with one attached hydrogen (secondary N) is 1. The number of benzene rings is 1. The lowest BCUT2D eigenvalue weighted by Gasteiger charge is -2.10. The van der Waals surface area contributed by atoms with Crippen molar-refractivity contribution in [3.8, 4) is 23.1 Å². The largest absolute Gasteiger partial charge is 0.494 e. The lowest BCUT2D eigenvalue weighted by Crippen LogP contribution is -2.14. The summed E-state index contributed by atoms with van der Waals surface area (Å²) in [7, 11) is 1.31. The zero-order valence-corrected chi connectivity index (χ0v) is 12.6. The number of thioether (sulfide) groups is 1. The smallest absolute Gasteiger partial charge is 0.270 e. The number of hydrogen-bond acceptors (Lipinski definition) is 5. The third kappa shape index (κ3) is 2.73. The van der Waals surface area contributed by atoms with Gasteiger partial charge in [0.1, 0.15) is 11.6 Å². The van der Waals surface area contributed by atoms with Crippen LogP contribution in [0.5, 0.6) is 5.75 Å². The van der Waals surface area contributed by atoms with Crippen LogP contribution in [0.15, 0.2) is 22.1 Å². The number of methoxy groups -OCH3 is 1. The predicted molar refractivity (Wildman–Crippen MR) is 78.3 cm³/mol. The number of nitrogens with zero attached hydrogens (tertiary/aromatic N) is 2. The Labute approximate surface area is 128 Å². The molecule has 1 aromatic carbocycles. The van der Waals surface area contributed by atoms with E-state index in [-0.39, 0.29) is 27.6 Å². The molecule has 0 aliphatic heterocycles. The van der Waals surface area contributed by atoms with Gasteiger partial charge in [-0.3, -0.25) is 4.79 Å². The zero-order valence-electron chi connectivity index (χ0n) is 11.0. The van der Waals surface area contributed by atoms with Crippen LogP contribution in [0.3, 0.4) is 0 Å². The topological polar surface area (TPSA) is 78.8 Å². The van der Waals surface area contributed by atoms with Crippen molar-refractivity contribution in [2.75, 3.05) is 13.4 Å². The Kier molecular flexibility index (Phi) is 4.50. The molecule has 0 unspecified atom stereocenters. The summed E-state index contributed by atoms with van der Waals surface area (Å²) >= 11 is 7.16. The second-order valence-electron chi connectivity index (χ2n) is 3.85. The van der Waals surface area contributed by atoms with Crippen molar-refractivity contribution in [1.29, 1.82) is 5.26 Å². The molecule has 0 radical (unpaired) electrons. The molecule has 5 nitrogen and oxygen atoms in total. The van der Waals surface area contributed by atoms with E-state index in [1.165, 1.54) is 31.0 Å². The molecule has 0 bridgehead atoms. The highest BCUT2D eigenvalue weighted by atomic mass is 35.5. The van der Waals surface area contributed by atoms with Crippen LogP contribution in [0.1, 0.15) is 5.56 Å². The van der Waals surface area contributed by atoms with Crippen LogP contribution in [0, 0.1) is 17.1 Å². The molecule has 0 saturated carbocycles. The lowest BCUT2D eigenvalue weighted by molar-refractivity contribution is 0.387. The Bertz CT molecular complexity index is 801. The van der Waals surface area contributed by atoms with Crippen molar-refractivity contribution in [2.45, 2.75) is 5.16 Å². The monoisotopic (exact) mass is 325 g/mol. The van der Waals surface area contributed by atoms with Crippen LogP contribution in [0.4, 0.5) is 4.39 Å². The van der Waals surface area contributed by atoms with Gasteiger partial charge in [-0.2, -0.15) is 5.26 Å². The number of halogens is 2. The minimum absolute atomic E-state index is 0.0304. The van der Waals surface area contributed by atoms with Gasteiger partial charge in [-0.05, 0) is 18.4 Å². The number of rotatable bonds is 3. The number of hydrogen-bond donors (Lipinski definition) is 1. The van der Waals surface area contributed by atoms with E-state index in [4.69, 9.17) is 21.6 Å². The summed E-state index contributed by atoms with van der Waals surface area (Å²) in [6.07, 6.45) is 1.71. The Morgan fingerprint density at radius 3 is 2.81 bits per heavy atom. The molecule has 21 heavy (non-hydrogen) atoms. The maximum absolute atomic E-state index is 14.0. The number of nitriles is 1. The van der Waals surface area contributed by atoms with Gasteiger partial charge in [-0.25, -0.2) is 9.37 Å². The normalized spacial score (nSPS) is 10.2. The summed E-state index contributed by atoms with van der Waals surface area (Å²) in [6.45, 7) is 0. The highest BCUT2D eigenvalue weighted by Gasteiger charge is 2.19. The van der Waals surface area contributed by atoms with Gasteiger partial charge in [0.15, 0.2) is 16.7 Å². The molecule has 2 rings (SSSR count). The fourth-order valence-corrected chi connectivity index (χ4v) is 2.34. The van der Waals surface area contributed by atoms with E-state index in [9.17, 15) is 9.18 Å². The molecule has 0 aliphatic rings. The van der Waals surface area contributed by atoms with E-state index < -0.39 is 11.4 Å². The van der Waals surface area contributed by atoms with Gasteiger partial charge in [-0.15, -0.1) is 0 Å². The second kappa shape index (κ2) is 6.16. The summed E-state index contributed by atoms with van der Waals surface area (Å²) in [5, 5.41) is 9.16. The van der Waals surface area contributed by atoms with Crippen molar-refractivity contribution in [3.63, 3.8) is 0 Å². The Morgan fingerprint density at radius 1 is 1.52 bits per heavy atom. The molecular weight excluding hydrogens is 317 g/mol. The first-order valence-electron chi connectivity index (χ1n) is 5.64. The van der Waals surface area contributed by atoms with Crippen molar-refractivity contribution >= 4 is 23.4 Å². The highest BCUT2D eigenvalue weighted by molar-refractivity contribution is 7.98. The fourth-order valence-electron chi connectivity index (χ4n) is 1.72. The third-order valence-corrected chi connectivity index (χ3v) is 3.67. The van der Waals surface area contributed by atoms with E-state index >= 15 is 0 Å². The first kappa shape index (κ1) is 15.4. The summed E-state index contributed by atoms with van der Waals surface area (Å²) < 4.78 is 18.8. The van der Waals surface area contributed by atoms with Crippen LogP contribution in [-0.4, -0.2) is 23.3 Å². The zero-order chi connectivity index (χ0) is 15.6. The van der Waals surface area contributed by atoms with E-state index in [1.54, 1.807) is 12.3 Å². The number of aromatic amines is 1. The fraction of sp³-hybridized carbons (Fsp3) is 0.154. The molecule has 1 heterocycles. The van der Waals surface area contributed by atoms with Gasteiger partial charge in [0.25, 0.3) is 5.56 Å². The van der Waals surface area contributed by atoms with Gasteiger partial charge in [0, 0.05) is 5.56 Å². The average Bonchev–Trinajstić information content (AvgIpc) is 2.49. The van der Waals surface area contributed by atoms with Gasteiger partial charge < -0.3 is 9.72 Å². The van der Waals surface area contributed by atoms with Gasteiger partial charge in [-0.1, -0.05) is 23.4 Å². The van der Waals surface area contributed by atoms with Gasteiger partial charge in [0.05, 0.1) is 17.8 Å². The van der Waals surface area contributed by atoms with E-state index in [0.717, 1.165) is 0 Å². The lowest BCUT2D eigenvalue weighted by atomic mass is 10.1. The molecule has 0 atom stereocenters. The molecule has 0 aliphatic carbocycles. The molecular formula is C13H9ClFN3O2S. The van der Waals surface area contributed by atoms with Gasteiger partial charge >= 0.3 is 0 Å². The molecule has 108 valence electrons. The van der Waals surface area contributed by atoms with Gasteiger partial charge in [0.2, 0.25) is 0 Å². The molecule has 8 heteroatoms. The third-order valence-electron chi connectivity index (χ3n) is 2.72. The summed E-state index contributed by atoms with van der Waals surface area (Å²) in [5.74, 6) is -0.800. The van der Waals surface area contributed by atoms with E-state index in [1.807, 2.05) is 0 Å². The summed E-state index contributed by atoms with van der Waals surface area (Å²) in [4.78, 5) is 18.4. The molecule has 1 N–H and O–H groups in total. The molecule has 0 fully saturated rings. The molecule has 1 aromatic heterocycles. The second-order valence-corrected chi connectivity index (χ2v) is 5.03. The molecule has 0 amide bonds. The van der Waals surface area contributed by atoms with Crippen LogP contribution in [-0.2, 0) is 0 Å². The Balaban J connectivity index is 2.79. The quantitative estimate of drug-likeness (QED) is 0.693. The predicted octanol–water partition coefficient (Wildman–Crippen LogP) is 2.83. The minimum Gasteiger partial charge on any atom is -0.494 e. The van der Waals surface area contributed by atoms with Crippen molar-refractivity contribution in [3.05, 3.63) is 38.9 Å². The Hall–Kier alpha value is -2.04. The summed E-state index contributed by atoms with van der Waals surface area (Å²) in [5.41, 5.74) is -0.622. The van der Waals surface area contributed by atoms with Crippen LogP contribution < -0.4 is 10.3 Å². The van der Waals surface area contributed by atoms with Crippen molar-refractivity contribution < 1.29 is 9.13 Å². The SMILES string of the molecule is COc1ccc(-c2nc(SC)[nH]c(=O)c2C#N)c(Cl)c1F.